The number of nitrogens with one attached hydrogen (secondary N) is 1. The van der Waals surface area contributed by atoms with Gasteiger partial charge in [0.2, 0.25) is 0 Å². The third-order valence-electron chi connectivity index (χ3n) is 2.34. The average Bonchev–Trinajstić information content (AvgIpc) is 2.63. The lowest BCUT2D eigenvalue weighted by atomic mass is 10.1. The van der Waals surface area contributed by atoms with E-state index in [0.29, 0.717) is 10.9 Å². The number of amides is 1. The lowest BCUT2D eigenvalue weighted by Crippen LogP contribution is -2.21. The van der Waals surface area contributed by atoms with Gasteiger partial charge in [0.25, 0.3) is 5.91 Å². The van der Waals surface area contributed by atoms with Crippen molar-refractivity contribution >= 4 is 28.9 Å². The number of carbonyl (C=O) groups excluding carboxylic acids is 1. The fourth-order valence-corrected chi connectivity index (χ4v) is 2.07. The minimum Gasteiger partial charge on any atom is -0.300 e. The molecule has 0 aliphatic carbocycles. The van der Waals surface area contributed by atoms with Crippen LogP contribution in [0.15, 0.2) is 35.0 Å². The normalized spacial score (nSPS) is 17.2. The molecule has 1 aliphatic heterocycles. The summed E-state index contributed by atoms with van der Waals surface area (Å²) >= 11 is 1.54. The van der Waals surface area contributed by atoms with Gasteiger partial charge in [0.05, 0.1) is 0 Å². The van der Waals surface area contributed by atoms with E-state index in [1.165, 1.54) is 17.3 Å². The molecular weight excluding hydrogens is 232 g/mol. The summed E-state index contributed by atoms with van der Waals surface area (Å²) in [4.78, 5) is 15.9. The highest BCUT2D eigenvalue weighted by atomic mass is 32.2. The van der Waals surface area contributed by atoms with E-state index in [-0.39, 0.29) is 5.91 Å². The van der Waals surface area contributed by atoms with E-state index >= 15 is 0 Å². The van der Waals surface area contributed by atoms with Crippen LogP contribution in [-0.2, 0) is 4.79 Å². The van der Waals surface area contributed by atoms with Crippen LogP contribution in [0.25, 0.3) is 6.08 Å². The second-order valence-corrected chi connectivity index (χ2v) is 5.00. The Labute approximate surface area is 105 Å². The summed E-state index contributed by atoms with van der Waals surface area (Å²) in [7, 11) is 0. The van der Waals surface area contributed by atoms with Crippen LogP contribution in [0.2, 0.25) is 0 Å². The first-order valence-corrected chi connectivity index (χ1v) is 6.49. The Balaban J connectivity index is 2.22. The molecule has 1 aromatic carbocycles. The quantitative estimate of drug-likeness (QED) is 0.815. The van der Waals surface area contributed by atoms with Crippen molar-refractivity contribution in [3.05, 3.63) is 41.1 Å². The molecule has 0 atom stereocenters. The van der Waals surface area contributed by atoms with Crippen molar-refractivity contribution in [2.75, 3.05) is 5.75 Å². The van der Waals surface area contributed by atoms with Crippen LogP contribution >= 0.6 is 11.8 Å². The fraction of sp³-hybridized carbons (Fsp3) is 0.231. The Kier molecular flexibility index (Phi) is 3.64. The lowest BCUT2D eigenvalue weighted by Gasteiger charge is -1.95. The second-order valence-electron chi connectivity index (χ2n) is 3.74. The molecule has 2 rings (SSSR count). The van der Waals surface area contributed by atoms with Gasteiger partial charge < -0.3 is 0 Å². The highest BCUT2D eigenvalue weighted by Crippen LogP contribution is 2.16. The van der Waals surface area contributed by atoms with Crippen LogP contribution in [0.5, 0.6) is 0 Å². The van der Waals surface area contributed by atoms with E-state index < -0.39 is 0 Å². The SMILES string of the molecule is CCSC1=N/C(=C\c2ccc(C)cc2)C(=O)N1. The number of hydrogen-bond acceptors (Lipinski definition) is 3. The van der Waals surface area contributed by atoms with Crippen molar-refractivity contribution in [3.8, 4) is 0 Å². The molecule has 0 radical (unpaired) electrons. The van der Waals surface area contributed by atoms with Crippen LogP contribution in [0, 0.1) is 6.92 Å². The number of rotatable bonds is 2. The zero-order valence-corrected chi connectivity index (χ0v) is 10.7. The third kappa shape index (κ3) is 2.97. The number of carbonyl (C=O) groups is 1. The van der Waals surface area contributed by atoms with Crippen LogP contribution in [0.1, 0.15) is 18.1 Å². The second kappa shape index (κ2) is 5.19. The smallest absolute Gasteiger partial charge is 0.275 e. The van der Waals surface area contributed by atoms with Gasteiger partial charge in [0.15, 0.2) is 5.17 Å². The van der Waals surface area contributed by atoms with Crippen molar-refractivity contribution < 1.29 is 4.79 Å². The van der Waals surface area contributed by atoms with Gasteiger partial charge in [0.1, 0.15) is 5.70 Å². The average molecular weight is 246 g/mol. The monoisotopic (exact) mass is 246 g/mol. The van der Waals surface area contributed by atoms with Gasteiger partial charge in [0, 0.05) is 0 Å². The van der Waals surface area contributed by atoms with Crippen molar-refractivity contribution in [1.29, 1.82) is 0 Å². The summed E-state index contributed by atoms with van der Waals surface area (Å²) in [6.07, 6.45) is 1.80. The molecule has 1 amide bonds. The van der Waals surface area contributed by atoms with Gasteiger partial charge in [-0.25, -0.2) is 4.99 Å². The van der Waals surface area contributed by atoms with E-state index in [0.717, 1.165) is 11.3 Å². The summed E-state index contributed by atoms with van der Waals surface area (Å²) in [5, 5.41) is 3.43. The molecule has 0 saturated heterocycles. The number of nitrogens with zero attached hydrogens (tertiary/aromatic N) is 1. The molecule has 0 unspecified atom stereocenters. The first kappa shape index (κ1) is 11.9. The number of benzene rings is 1. The lowest BCUT2D eigenvalue weighted by molar-refractivity contribution is -0.115. The summed E-state index contributed by atoms with van der Waals surface area (Å²) in [5.41, 5.74) is 2.67. The maximum atomic E-state index is 11.6. The maximum Gasteiger partial charge on any atom is 0.275 e. The van der Waals surface area contributed by atoms with Gasteiger partial charge in [-0.05, 0) is 24.3 Å². The predicted molar refractivity (Wildman–Crippen MR) is 72.9 cm³/mol. The first-order valence-electron chi connectivity index (χ1n) is 5.50. The Bertz CT molecular complexity index is 489. The van der Waals surface area contributed by atoms with Crippen LogP contribution in [0.3, 0.4) is 0 Å². The van der Waals surface area contributed by atoms with Crippen LogP contribution in [-0.4, -0.2) is 16.8 Å². The number of amidine groups is 1. The molecule has 3 nitrogen and oxygen atoms in total. The summed E-state index contributed by atoms with van der Waals surface area (Å²) < 4.78 is 0. The number of hydrogen-bond donors (Lipinski definition) is 1. The molecule has 0 fully saturated rings. The van der Waals surface area contributed by atoms with E-state index in [2.05, 4.69) is 10.3 Å². The summed E-state index contributed by atoms with van der Waals surface area (Å²) in [5.74, 6) is 0.776. The molecule has 4 heteroatoms. The summed E-state index contributed by atoms with van der Waals surface area (Å²) in [6.45, 7) is 4.06. The van der Waals surface area contributed by atoms with Crippen molar-refractivity contribution in [2.24, 2.45) is 4.99 Å². The maximum absolute atomic E-state index is 11.6. The summed E-state index contributed by atoms with van der Waals surface area (Å²) in [6, 6.07) is 8.00. The zero-order chi connectivity index (χ0) is 12.3. The molecule has 1 aliphatic rings. The number of aliphatic imine (C=N–C) groups is 1. The molecule has 17 heavy (non-hydrogen) atoms. The molecule has 0 aromatic heterocycles. The van der Waals surface area contributed by atoms with E-state index in [4.69, 9.17) is 0 Å². The number of aryl methyl sites for hydroxylation is 1. The predicted octanol–water partition coefficient (Wildman–Crippen LogP) is 2.57. The Morgan fingerprint density at radius 1 is 1.35 bits per heavy atom. The first-order chi connectivity index (χ1) is 8.19. The fourth-order valence-electron chi connectivity index (χ4n) is 1.47. The van der Waals surface area contributed by atoms with Gasteiger partial charge in [-0.1, -0.05) is 48.5 Å². The Hall–Kier alpha value is -1.55. The Morgan fingerprint density at radius 3 is 2.71 bits per heavy atom. The molecule has 1 N–H and O–H groups in total. The van der Waals surface area contributed by atoms with Crippen LogP contribution < -0.4 is 5.32 Å². The molecule has 0 bridgehead atoms. The highest BCUT2D eigenvalue weighted by Gasteiger charge is 2.19. The Morgan fingerprint density at radius 2 is 2.06 bits per heavy atom. The van der Waals surface area contributed by atoms with Crippen molar-refractivity contribution in [1.82, 2.24) is 5.32 Å². The minimum absolute atomic E-state index is 0.124. The topological polar surface area (TPSA) is 41.5 Å². The van der Waals surface area contributed by atoms with Gasteiger partial charge >= 0.3 is 0 Å². The van der Waals surface area contributed by atoms with Crippen molar-refractivity contribution in [2.45, 2.75) is 13.8 Å². The standard InChI is InChI=1S/C13H14N2OS/c1-3-17-13-14-11(12(16)15-13)8-10-6-4-9(2)5-7-10/h4-8H,3H2,1-2H3,(H,14,15,16)/b11-8-. The molecule has 1 aromatic rings. The molecule has 0 saturated carbocycles. The molecule has 0 spiro atoms. The zero-order valence-electron chi connectivity index (χ0n) is 9.86. The van der Waals surface area contributed by atoms with Gasteiger partial charge in [-0.15, -0.1) is 0 Å². The highest BCUT2D eigenvalue weighted by molar-refractivity contribution is 8.13. The third-order valence-corrected chi connectivity index (χ3v) is 3.09. The van der Waals surface area contributed by atoms with Crippen molar-refractivity contribution in [3.63, 3.8) is 0 Å². The molecule has 1 heterocycles. The van der Waals surface area contributed by atoms with Gasteiger partial charge in [-0.3, -0.25) is 10.1 Å². The van der Waals surface area contributed by atoms with E-state index in [9.17, 15) is 4.79 Å². The van der Waals surface area contributed by atoms with E-state index in [1.54, 1.807) is 6.08 Å². The number of thioether (sulfide) groups is 1. The van der Waals surface area contributed by atoms with Gasteiger partial charge in [-0.2, -0.15) is 0 Å². The van der Waals surface area contributed by atoms with Crippen LogP contribution in [0.4, 0.5) is 0 Å². The minimum atomic E-state index is -0.124. The largest absolute Gasteiger partial charge is 0.300 e. The molecule has 88 valence electrons. The molecular formula is C13H14N2OS. The van der Waals surface area contributed by atoms with E-state index in [1.807, 2.05) is 38.1 Å².